The molecule has 0 spiro atoms. The van der Waals surface area contributed by atoms with E-state index >= 15 is 0 Å². The lowest BCUT2D eigenvalue weighted by molar-refractivity contribution is 0.580. The van der Waals surface area contributed by atoms with Crippen LogP contribution in [0.15, 0.2) is 66.7 Å². The number of anilines is 1. The Morgan fingerprint density at radius 1 is 0.889 bits per heavy atom. The van der Waals surface area contributed by atoms with Crippen molar-refractivity contribution in [2.45, 2.75) is 19.4 Å². The molecule has 3 aromatic carbocycles. The normalized spacial score (nSPS) is 12.4. The third kappa shape index (κ3) is 3.76. The smallest absolute Gasteiger partial charge is 0.162 e. The first-order chi connectivity index (χ1) is 13.2. The summed E-state index contributed by atoms with van der Waals surface area (Å²) in [5.41, 5.74) is 1.99. The van der Waals surface area contributed by atoms with Gasteiger partial charge in [0.05, 0.1) is 5.52 Å². The molecule has 4 nitrogen and oxygen atoms in total. The number of rotatable bonds is 6. The highest BCUT2D eigenvalue weighted by molar-refractivity contribution is 5.92. The zero-order valence-corrected chi connectivity index (χ0v) is 15.7. The maximum atomic E-state index is 4.86. The summed E-state index contributed by atoms with van der Waals surface area (Å²) in [5.74, 6) is 1.65. The van der Waals surface area contributed by atoms with Crippen molar-refractivity contribution >= 4 is 27.5 Å². The quantitative estimate of drug-likeness (QED) is 0.518. The van der Waals surface area contributed by atoms with E-state index in [1.54, 1.807) is 0 Å². The topological polar surface area (TPSA) is 49.8 Å². The summed E-state index contributed by atoms with van der Waals surface area (Å²) in [6, 6.07) is 23.4. The standard InChI is InChI=1S/C23H24N4/c1-16(24-2)13-14-25-23-20-9-5-6-10-21(20)26-22(27-23)19-12-11-17-7-3-4-8-18(17)15-19/h3-12,15-16,24H,13-14H2,1-2H3,(H,25,26,27). The summed E-state index contributed by atoms with van der Waals surface area (Å²) in [7, 11) is 1.99. The minimum absolute atomic E-state index is 0.463. The lowest BCUT2D eigenvalue weighted by Crippen LogP contribution is -2.24. The van der Waals surface area contributed by atoms with E-state index in [0.29, 0.717) is 6.04 Å². The van der Waals surface area contributed by atoms with Crippen molar-refractivity contribution < 1.29 is 0 Å². The maximum Gasteiger partial charge on any atom is 0.162 e. The van der Waals surface area contributed by atoms with Crippen LogP contribution in [0.2, 0.25) is 0 Å². The third-order valence-corrected chi connectivity index (χ3v) is 4.97. The second-order valence-corrected chi connectivity index (χ2v) is 6.88. The first kappa shape index (κ1) is 17.4. The van der Waals surface area contributed by atoms with Gasteiger partial charge < -0.3 is 10.6 Å². The molecule has 1 heterocycles. The molecule has 0 radical (unpaired) electrons. The van der Waals surface area contributed by atoms with E-state index in [4.69, 9.17) is 9.97 Å². The Hall–Kier alpha value is -2.98. The number of aromatic nitrogens is 2. The monoisotopic (exact) mass is 356 g/mol. The van der Waals surface area contributed by atoms with Crippen molar-refractivity contribution in [2.75, 3.05) is 18.9 Å². The number of hydrogen-bond donors (Lipinski definition) is 2. The SMILES string of the molecule is CNC(C)CCNc1nc(-c2ccc3ccccc3c2)nc2ccccc12. The Bertz CT molecular complexity index is 1070. The Kier molecular flexibility index (Phi) is 4.99. The minimum atomic E-state index is 0.463. The van der Waals surface area contributed by atoms with Crippen molar-refractivity contribution in [3.05, 3.63) is 66.7 Å². The van der Waals surface area contributed by atoms with Gasteiger partial charge in [-0.05, 0) is 49.4 Å². The zero-order chi connectivity index (χ0) is 18.6. The van der Waals surface area contributed by atoms with E-state index in [9.17, 15) is 0 Å². The lowest BCUT2D eigenvalue weighted by atomic mass is 10.1. The predicted octanol–water partition coefficient (Wildman–Crippen LogP) is 4.86. The molecular formula is C23H24N4. The molecule has 0 amide bonds. The van der Waals surface area contributed by atoms with Crippen LogP contribution in [0, 0.1) is 0 Å². The van der Waals surface area contributed by atoms with E-state index in [2.05, 4.69) is 66.1 Å². The van der Waals surface area contributed by atoms with Gasteiger partial charge in [-0.3, -0.25) is 0 Å². The molecule has 0 saturated heterocycles. The number of nitrogens with zero attached hydrogens (tertiary/aromatic N) is 2. The van der Waals surface area contributed by atoms with Gasteiger partial charge in [-0.15, -0.1) is 0 Å². The van der Waals surface area contributed by atoms with E-state index < -0.39 is 0 Å². The summed E-state index contributed by atoms with van der Waals surface area (Å²) < 4.78 is 0. The summed E-state index contributed by atoms with van der Waals surface area (Å²) in [6.45, 7) is 3.04. The average Bonchev–Trinajstić information content (AvgIpc) is 2.73. The fraction of sp³-hybridized carbons (Fsp3) is 0.217. The van der Waals surface area contributed by atoms with Crippen LogP contribution in [0.4, 0.5) is 5.82 Å². The van der Waals surface area contributed by atoms with Crippen molar-refractivity contribution in [3.63, 3.8) is 0 Å². The van der Waals surface area contributed by atoms with Gasteiger partial charge in [0.1, 0.15) is 5.82 Å². The molecule has 1 atom stereocenters. The Balaban J connectivity index is 1.73. The largest absolute Gasteiger partial charge is 0.369 e. The van der Waals surface area contributed by atoms with Crippen molar-refractivity contribution in [2.24, 2.45) is 0 Å². The van der Waals surface area contributed by atoms with Crippen LogP contribution in [0.25, 0.3) is 33.1 Å². The number of nitrogens with one attached hydrogen (secondary N) is 2. The predicted molar refractivity (Wildman–Crippen MR) is 114 cm³/mol. The van der Waals surface area contributed by atoms with Crippen LogP contribution in [0.5, 0.6) is 0 Å². The number of para-hydroxylation sites is 1. The van der Waals surface area contributed by atoms with Crippen LogP contribution >= 0.6 is 0 Å². The van der Waals surface area contributed by atoms with Gasteiger partial charge in [-0.2, -0.15) is 0 Å². The summed E-state index contributed by atoms with van der Waals surface area (Å²) in [6.07, 6.45) is 1.03. The van der Waals surface area contributed by atoms with Gasteiger partial charge >= 0.3 is 0 Å². The fourth-order valence-electron chi connectivity index (χ4n) is 3.22. The van der Waals surface area contributed by atoms with Gasteiger partial charge in [-0.25, -0.2) is 9.97 Å². The summed E-state index contributed by atoms with van der Waals surface area (Å²) >= 11 is 0. The van der Waals surface area contributed by atoms with Crippen molar-refractivity contribution in [1.82, 2.24) is 15.3 Å². The second kappa shape index (κ2) is 7.72. The highest BCUT2D eigenvalue weighted by Crippen LogP contribution is 2.27. The summed E-state index contributed by atoms with van der Waals surface area (Å²) in [4.78, 5) is 9.67. The van der Waals surface area contributed by atoms with E-state index in [1.807, 2.05) is 25.2 Å². The van der Waals surface area contributed by atoms with E-state index in [0.717, 1.165) is 41.1 Å². The molecule has 136 valence electrons. The molecule has 27 heavy (non-hydrogen) atoms. The van der Waals surface area contributed by atoms with Gasteiger partial charge in [0, 0.05) is 23.5 Å². The van der Waals surface area contributed by atoms with Gasteiger partial charge in [-0.1, -0.05) is 48.5 Å². The van der Waals surface area contributed by atoms with E-state index in [-0.39, 0.29) is 0 Å². The van der Waals surface area contributed by atoms with Crippen LogP contribution < -0.4 is 10.6 Å². The zero-order valence-electron chi connectivity index (χ0n) is 15.7. The number of fused-ring (bicyclic) bond motifs is 2. The Labute approximate surface area is 159 Å². The molecule has 1 unspecified atom stereocenters. The van der Waals surface area contributed by atoms with Crippen LogP contribution in [0.3, 0.4) is 0 Å². The molecule has 0 bridgehead atoms. The molecule has 1 aromatic heterocycles. The molecule has 0 saturated carbocycles. The van der Waals surface area contributed by atoms with Crippen LogP contribution in [-0.2, 0) is 0 Å². The molecule has 0 fully saturated rings. The Morgan fingerprint density at radius 2 is 1.67 bits per heavy atom. The molecular weight excluding hydrogens is 332 g/mol. The van der Waals surface area contributed by atoms with E-state index in [1.165, 1.54) is 10.8 Å². The van der Waals surface area contributed by atoms with Crippen LogP contribution in [-0.4, -0.2) is 29.6 Å². The average molecular weight is 356 g/mol. The molecule has 2 N–H and O–H groups in total. The number of hydrogen-bond acceptors (Lipinski definition) is 4. The molecule has 0 aliphatic rings. The number of benzene rings is 3. The van der Waals surface area contributed by atoms with Gasteiger partial charge in [0.15, 0.2) is 5.82 Å². The first-order valence-electron chi connectivity index (χ1n) is 9.41. The second-order valence-electron chi connectivity index (χ2n) is 6.88. The highest BCUT2D eigenvalue weighted by atomic mass is 15.0. The third-order valence-electron chi connectivity index (χ3n) is 4.97. The fourth-order valence-corrected chi connectivity index (χ4v) is 3.22. The van der Waals surface area contributed by atoms with Gasteiger partial charge in [0.2, 0.25) is 0 Å². The molecule has 0 aliphatic carbocycles. The molecule has 0 aliphatic heterocycles. The maximum absolute atomic E-state index is 4.86. The van der Waals surface area contributed by atoms with Crippen LogP contribution in [0.1, 0.15) is 13.3 Å². The molecule has 4 heteroatoms. The minimum Gasteiger partial charge on any atom is -0.369 e. The summed E-state index contributed by atoms with van der Waals surface area (Å²) in [5, 5.41) is 10.3. The molecule has 4 rings (SSSR count). The molecule has 4 aromatic rings. The van der Waals surface area contributed by atoms with Gasteiger partial charge in [0.25, 0.3) is 0 Å². The van der Waals surface area contributed by atoms with Crippen molar-refractivity contribution in [3.8, 4) is 11.4 Å². The Morgan fingerprint density at radius 3 is 2.52 bits per heavy atom. The highest BCUT2D eigenvalue weighted by Gasteiger charge is 2.10. The first-order valence-corrected chi connectivity index (χ1v) is 9.41. The van der Waals surface area contributed by atoms with Crippen molar-refractivity contribution in [1.29, 1.82) is 0 Å². The lowest BCUT2D eigenvalue weighted by Gasteiger charge is -2.13.